The van der Waals surface area contributed by atoms with Gasteiger partial charge in [0.05, 0.1) is 0 Å². The smallest absolute Gasteiger partial charge is 0.0214 e. The molecule has 2 nitrogen and oxygen atoms in total. The Kier molecular flexibility index (Phi) is 5.23. The van der Waals surface area contributed by atoms with Crippen LogP contribution in [0.4, 0.5) is 0 Å². The predicted molar refractivity (Wildman–Crippen MR) is 93.9 cm³/mol. The number of thioether (sulfide) groups is 1. The summed E-state index contributed by atoms with van der Waals surface area (Å²) in [4.78, 5) is 2.31. The number of hydrogen-bond acceptors (Lipinski definition) is 3. The Morgan fingerprint density at radius 2 is 1.67 bits per heavy atom. The molecule has 0 radical (unpaired) electrons. The second-order valence-corrected chi connectivity index (χ2v) is 9.42. The number of nitrogens with one attached hydrogen (secondary N) is 1. The van der Waals surface area contributed by atoms with Crippen LogP contribution in [-0.2, 0) is 0 Å². The Morgan fingerprint density at radius 3 is 2.14 bits per heavy atom. The van der Waals surface area contributed by atoms with Crippen LogP contribution in [0.1, 0.15) is 45.4 Å². The van der Waals surface area contributed by atoms with Crippen molar-refractivity contribution < 1.29 is 0 Å². The highest BCUT2D eigenvalue weighted by atomic mass is 32.2. The molecule has 1 unspecified atom stereocenters. The molecule has 4 fully saturated rings. The molecule has 0 aliphatic heterocycles. The number of nitrogens with zero attached hydrogens (tertiary/aromatic N) is 1. The van der Waals surface area contributed by atoms with Crippen LogP contribution in [0.3, 0.4) is 0 Å². The Hall–Kier alpha value is 0.270. The zero-order chi connectivity index (χ0) is 14.9. The Labute approximate surface area is 135 Å². The molecule has 4 bridgehead atoms. The second-order valence-electron chi connectivity index (χ2n) is 8.27. The van der Waals surface area contributed by atoms with E-state index < -0.39 is 0 Å². The highest BCUT2D eigenvalue weighted by molar-refractivity contribution is 7.99. The normalized spacial score (nSPS) is 39.1. The third-order valence-corrected chi connectivity index (χ3v) is 7.28. The van der Waals surface area contributed by atoms with Crippen LogP contribution in [0, 0.1) is 23.2 Å². The van der Waals surface area contributed by atoms with Crippen LogP contribution in [0.25, 0.3) is 0 Å². The van der Waals surface area contributed by atoms with Crippen LogP contribution in [0.2, 0.25) is 0 Å². The minimum Gasteiger partial charge on any atom is -0.313 e. The van der Waals surface area contributed by atoms with E-state index in [0.717, 1.165) is 30.3 Å². The standard InChI is InChI=1S/C18H34N2S/c1-4-19-17(13-21-6-5-20(2)3)18-10-14-7-15(11-18)9-16(8-14)12-18/h14-17,19H,4-13H2,1-3H3. The van der Waals surface area contributed by atoms with Crippen LogP contribution in [-0.4, -0.2) is 49.6 Å². The highest BCUT2D eigenvalue weighted by Gasteiger charge is 2.53. The maximum atomic E-state index is 3.89. The molecule has 1 N–H and O–H groups in total. The van der Waals surface area contributed by atoms with E-state index in [1.54, 1.807) is 19.3 Å². The summed E-state index contributed by atoms with van der Waals surface area (Å²) in [6.07, 6.45) is 9.28. The van der Waals surface area contributed by atoms with Crippen molar-refractivity contribution in [3.05, 3.63) is 0 Å². The molecule has 4 saturated carbocycles. The molecule has 0 aromatic carbocycles. The Bertz CT molecular complexity index is 307. The lowest BCUT2D eigenvalue weighted by atomic mass is 9.48. The summed E-state index contributed by atoms with van der Waals surface area (Å²) in [7, 11) is 4.36. The van der Waals surface area contributed by atoms with Gasteiger partial charge >= 0.3 is 0 Å². The van der Waals surface area contributed by atoms with Gasteiger partial charge in [0.1, 0.15) is 0 Å². The fourth-order valence-electron chi connectivity index (χ4n) is 5.75. The van der Waals surface area contributed by atoms with Gasteiger partial charge in [0, 0.05) is 24.1 Å². The largest absolute Gasteiger partial charge is 0.313 e. The Morgan fingerprint density at radius 1 is 1.10 bits per heavy atom. The van der Waals surface area contributed by atoms with E-state index in [1.165, 1.54) is 37.3 Å². The number of hydrogen-bond donors (Lipinski definition) is 1. The second kappa shape index (κ2) is 6.80. The first-order chi connectivity index (χ1) is 10.1. The highest BCUT2D eigenvalue weighted by Crippen LogP contribution is 2.61. The first-order valence-electron chi connectivity index (χ1n) is 9.07. The summed E-state index contributed by atoms with van der Waals surface area (Å²) < 4.78 is 0. The molecular formula is C18H34N2S. The molecular weight excluding hydrogens is 276 g/mol. The van der Waals surface area contributed by atoms with Crippen molar-refractivity contribution >= 4 is 11.8 Å². The lowest BCUT2D eigenvalue weighted by molar-refractivity contribution is -0.0691. The molecule has 0 aromatic heterocycles. The molecule has 21 heavy (non-hydrogen) atoms. The molecule has 122 valence electrons. The summed E-state index contributed by atoms with van der Waals surface area (Å²) in [5.41, 5.74) is 0.663. The van der Waals surface area contributed by atoms with Gasteiger partial charge in [0.2, 0.25) is 0 Å². The van der Waals surface area contributed by atoms with E-state index in [2.05, 4.69) is 43.0 Å². The molecule has 3 heteroatoms. The summed E-state index contributed by atoms with van der Waals surface area (Å²) in [6.45, 7) is 4.64. The Balaban J connectivity index is 1.60. The van der Waals surface area contributed by atoms with Crippen molar-refractivity contribution in [2.45, 2.75) is 51.5 Å². The molecule has 4 aliphatic rings. The van der Waals surface area contributed by atoms with Gasteiger partial charge in [0.15, 0.2) is 0 Å². The maximum absolute atomic E-state index is 3.89. The zero-order valence-corrected chi connectivity index (χ0v) is 15.1. The minimum atomic E-state index is 0.663. The van der Waals surface area contributed by atoms with Gasteiger partial charge in [0.25, 0.3) is 0 Å². The molecule has 1 atom stereocenters. The van der Waals surface area contributed by atoms with Gasteiger partial charge in [-0.05, 0) is 82.3 Å². The third-order valence-electron chi connectivity index (χ3n) is 6.24. The van der Waals surface area contributed by atoms with Crippen LogP contribution >= 0.6 is 11.8 Å². The molecule has 0 amide bonds. The van der Waals surface area contributed by atoms with Crippen LogP contribution in [0.5, 0.6) is 0 Å². The topological polar surface area (TPSA) is 15.3 Å². The van der Waals surface area contributed by atoms with Crippen molar-refractivity contribution in [2.24, 2.45) is 23.2 Å². The van der Waals surface area contributed by atoms with Crippen molar-refractivity contribution in [3.63, 3.8) is 0 Å². The quantitative estimate of drug-likeness (QED) is 0.691. The lowest BCUT2D eigenvalue weighted by Gasteiger charge is -2.59. The van der Waals surface area contributed by atoms with Crippen molar-refractivity contribution in [2.75, 3.05) is 38.7 Å². The van der Waals surface area contributed by atoms with E-state index in [1.807, 2.05) is 0 Å². The third kappa shape index (κ3) is 3.61. The molecule has 4 aliphatic carbocycles. The van der Waals surface area contributed by atoms with Gasteiger partial charge in [-0.2, -0.15) is 11.8 Å². The van der Waals surface area contributed by atoms with Gasteiger partial charge in [-0.1, -0.05) is 6.92 Å². The minimum absolute atomic E-state index is 0.663. The summed E-state index contributed by atoms with van der Waals surface area (Å²) in [5.74, 6) is 5.83. The van der Waals surface area contributed by atoms with Gasteiger partial charge in [-0.3, -0.25) is 0 Å². The summed E-state index contributed by atoms with van der Waals surface area (Å²) >= 11 is 2.17. The fourth-order valence-corrected chi connectivity index (χ4v) is 7.12. The van der Waals surface area contributed by atoms with Crippen LogP contribution < -0.4 is 5.32 Å². The predicted octanol–water partition coefficient (Wildman–Crippen LogP) is 3.48. The molecule has 4 rings (SSSR count). The maximum Gasteiger partial charge on any atom is 0.0214 e. The van der Waals surface area contributed by atoms with Crippen LogP contribution in [0.15, 0.2) is 0 Å². The van der Waals surface area contributed by atoms with E-state index in [4.69, 9.17) is 0 Å². The first-order valence-corrected chi connectivity index (χ1v) is 10.2. The van der Waals surface area contributed by atoms with Gasteiger partial charge in [-0.25, -0.2) is 0 Å². The van der Waals surface area contributed by atoms with Crippen molar-refractivity contribution in [1.82, 2.24) is 10.2 Å². The fraction of sp³-hybridized carbons (Fsp3) is 1.00. The van der Waals surface area contributed by atoms with E-state index >= 15 is 0 Å². The first kappa shape index (κ1) is 16.1. The number of rotatable bonds is 8. The lowest BCUT2D eigenvalue weighted by Crippen LogP contribution is -2.56. The molecule has 0 aromatic rings. The average Bonchev–Trinajstić information content (AvgIpc) is 2.40. The zero-order valence-electron chi connectivity index (χ0n) is 14.2. The van der Waals surface area contributed by atoms with Crippen molar-refractivity contribution in [1.29, 1.82) is 0 Å². The summed E-state index contributed by atoms with van der Waals surface area (Å²) in [5, 5.41) is 3.89. The van der Waals surface area contributed by atoms with E-state index in [-0.39, 0.29) is 0 Å². The monoisotopic (exact) mass is 310 g/mol. The van der Waals surface area contributed by atoms with Crippen molar-refractivity contribution in [3.8, 4) is 0 Å². The van der Waals surface area contributed by atoms with Gasteiger partial charge < -0.3 is 10.2 Å². The molecule has 0 heterocycles. The van der Waals surface area contributed by atoms with E-state index in [0.29, 0.717) is 5.41 Å². The van der Waals surface area contributed by atoms with Gasteiger partial charge in [-0.15, -0.1) is 0 Å². The van der Waals surface area contributed by atoms with E-state index in [9.17, 15) is 0 Å². The SMILES string of the molecule is CCNC(CSCCN(C)C)C12CC3CC(CC(C3)C1)C2. The molecule has 0 saturated heterocycles. The average molecular weight is 311 g/mol. The summed E-state index contributed by atoms with van der Waals surface area (Å²) in [6, 6.07) is 0.767. The molecule has 0 spiro atoms.